The molecule has 5 nitrogen and oxygen atoms in total. The first-order chi connectivity index (χ1) is 8.70. The van der Waals surface area contributed by atoms with E-state index in [4.69, 9.17) is 14.6 Å². The van der Waals surface area contributed by atoms with Crippen LogP contribution in [0, 0.1) is 0 Å². The third-order valence-electron chi connectivity index (χ3n) is 3.28. The summed E-state index contributed by atoms with van der Waals surface area (Å²) in [5.41, 5.74) is 0. The standard InChI is InChI=1S/C13H26O5/c1-2-3-4-5-6-7-8-17-13-12(16)11(15)10(9-14)18-13/h10-16H,2-9H2,1H3/t10-,11-,12-,13+/m1/s1. The molecule has 0 unspecified atom stereocenters. The lowest BCUT2D eigenvalue weighted by Gasteiger charge is -2.15. The highest BCUT2D eigenvalue weighted by Gasteiger charge is 2.42. The van der Waals surface area contributed by atoms with E-state index in [0.717, 1.165) is 12.8 Å². The first-order valence-corrected chi connectivity index (χ1v) is 6.94. The maximum atomic E-state index is 9.62. The van der Waals surface area contributed by atoms with Crippen molar-refractivity contribution in [1.82, 2.24) is 0 Å². The second-order valence-electron chi connectivity index (χ2n) is 4.85. The lowest BCUT2D eigenvalue weighted by atomic mass is 10.1. The Balaban J connectivity index is 2.05. The molecule has 1 rings (SSSR count). The van der Waals surface area contributed by atoms with Gasteiger partial charge in [0.1, 0.15) is 18.3 Å². The van der Waals surface area contributed by atoms with E-state index in [9.17, 15) is 10.2 Å². The van der Waals surface area contributed by atoms with Crippen molar-refractivity contribution in [3.05, 3.63) is 0 Å². The van der Waals surface area contributed by atoms with Crippen LogP contribution in [0.4, 0.5) is 0 Å². The Morgan fingerprint density at radius 3 is 2.28 bits per heavy atom. The minimum absolute atomic E-state index is 0.310. The van der Waals surface area contributed by atoms with Gasteiger partial charge in [0.25, 0.3) is 0 Å². The molecule has 1 fully saturated rings. The second kappa shape index (κ2) is 8.82. The smallest absolute Gasteiger partial charge is 0.186 e. The molecule has 18 heavy (non-hydrogen) atoms. The summed E-state index contributed by atoms with van der Waals surface area (Å²) in [6.45, 7) is 2.39. The van der Waals surface area contributed by atoms with E-state index < -0.39 is 24.6 Å². The van der Waals surface area contributed by atoms with Gasteiger partial charge in [-0.15, -0.1) is 0 Å². The first-order valence-electron chi connectivity index (χ1n) is 6.94. The van der Waals surface area contributed by atoms with E-state index in [0.29, 0.717) is 6.61 Å². The van der Waals surface area contributed by atoms with Crippen molar-refractivity contribution in [2.24, 2.45) is 0 Å². The van der Waals surface area contributed by atoms with E-state index in [2.05, 4.69) is 6.92 Å². The molecule has 0 bridgehead atoms. The molecule has 0 spiro atoms. The molecule has 0 saturated carbocycles. The van der Waals surface area contributed by atoms with Crippen LogP contribution in [-0.2, 0) is 9.47 Å². The fourth-order valence-corrected chi connectivity index (χ4v) is 2.08. The van der Waals surface area contributed by atoms with Gasteiger partial charge in [-0.1, -0.05) is 39.0 Å². The predicted octanol–water partition coefficient (Wildman–Crippen LogP) is 0.802. The van der Waals surface area contributed by atoms with E-state index >= 15 is 0 Å². The molecule has 0 aromatic heterocycles. The van der Waals surface area contributed by atoms with Gasteiger partial charge < -0.3 is 24.8 Å². The minimum Gasteiger partial charge on any atom is -0.394 e. The molecule has 1 heterocycles. The number of ether oxygens (including phenoxy) is 2. The number of hydrogen-bond donors (Lipinski definition) is 3. The predicted molar refractivity (Wildman–Crippen MR) is 67.1 cm³/mol. The number of unbranched alkanes of at least 4 members (excludes halogenated alkanes) is 5. The van der Waals surface area contributed by atoms with Gasteiger partial charge in [-0.05, 0) is 6.42 Å². The molecule has 0 aromatic carbocycles. The van der Waals surface area contributed by atoms with Crippen LogP contribution in [0.5, 0.6) is 0 Å². The van der Waals surface area contributed by atoms with Gasteiger partial charge >= 0.3 is 0 Å². The van der Waals surface area contributed by atoms with Gasteiger partial charge in [0.05, 0.1) is 6.61 Å². The molecule has 0 aromatic rings. The molecule has 4 atom stereocenters. The number of rotatable bonds is 9. The zero-order chi connectivity index (χ0) is 13.4. The van der Waals surface area contributed by atoms with Gasteiger partial charge in [-0.25, -0.2) is 0 Å². The van der Waals surface area contributed by atoms with Crippen molar-refractivity contribution < 1.29 is 24.8 Å². The Morgan fingerprint density at radius 1 is 1.00 bits per heavy atom. The molecule has 108 valence electrons. The Kier molecular flexibility index (Phi) is 7.77. The highest BCUT2D eigenvalue weighted by Crippen LogP contribution is 2.22. The number of aliphatic hydroxyl groups excluding tert-OH is 3. The maximum Gasteiger partial charge on any atom is 0.186 e. The Bertz CT molecular complexity index is 212. The van der Waals surface area contributed by atoms with E-state index in [1.54, 1.807) is 0 Å². The topological polar surface area (TPSA) is 79.2 Å². The van der Waals surface area contributed by atoms with Gasteiger partial charge in [0.15, 0.2) is 6.29 Å². The van der Waals surface area contributed by atoms with E-state index in [-0.39, 0.29) is 6.61 Å². The number of aliphatic hydroxyl groups is 3. The SMILES string of the molecule is CCCCCCCCO[C@H]1O[C@H](CO)[C@@H](O)[C@H]1O. The van der Waals surface area contributed by atoms with Crippen LogP contribution in [0.1, 0.15) is 45.4 Å². The fourth-order valence-electron chi connectivity index (χ4n) is 2.08. The van der Waals surface area contributed by atoms with Crippen molar-refractivity contribution in [2.75, 3.05) is 13.2 Å². The Morgan fingerprint density at radius 2 is 1.67 bits per heavy atom. The van der Waals surface area contributed by atoms with E-state index in [1.807, 2.05) is 0 Å². The molecule has 0 aliphatic carbocycles. The quantitative estimate of drug-likeness (QED) is 0.536. The third kappa shape index (κ3) is 4.82. The monoisotopic (exact) mass is 262 g/mol. The maximum absolute atomic E-state index is 9.62. The van der Waals surface area contributed by atoms with Crippen LogP contribution in [0.15, 0.2) is 0 Å². The lowest BCUT2D eigenvalue weighted by molar-refractivity contribution is -0.169. The van der Waals surface area contributed by atoms with Gasteiger partial charge in [0.2, 0.25) is 0 Å². The molecule has 1 saturated heterocycles. The van der Waals surface area contributed by atoms with Gasteiger partial charge in [-0.2, -0.15) is 0 Å². The normalized spacial score (nSPS) is 32.0. The van der Waals surface area contributed by atoms with Crippen molar-refractivity contribution in [3.8, 4) is 0 Å². The molecule has 3 N–H and O–H groups in total. The summed E-state index contributed by atoms with van der Waals surface area (Å²) in [6.07, 6.45) is 3.31. The van der Waals surface area contributed by atoms with Crippen molar-refractivity contribution >= 4 is 0 Å². The third-order valence-corrected chi connectivity index (χ3v) is 3.28. The largest absolute Gasteiger partial charge is 0.394 e. The van der Waals surface area contributed by atoms with E-state index in [1.165, 1.54) is 25.7 Å². The average molecular weight is 262 g/mol. The average Bonchev–Trinajstić information content (AvgIpc) is 2.65. The van der Waals surface area contributed by atoms with Crippen molar-refractivity contribution in [3.63, 3.8) is 0 Å². The summed E-state index contributed by atoms with van der Waals surface area (Å²) < 4.78 is 10.6. The summed E-state index contributed by atoms with van der Waals surface area (Å²) >= 11 is 0. The Hall–Kier alpha value is -0.200. The molecule has 1 aliphatic rings. The second-order valence-corrected chi connectivity index (χ2v) is 4.85. The van der Waals surface area contributed by atoms with Crippen LogP contribution < -0.4 is 0 Å². The number of hydrogen-bond acceptors (Lipinski definition) is 5. The summed E-state index contributed by atoms with van der Waals surface area (Å²) in [5, 5.41) is 28.0. The minimum atomic E-state index is -1.07. The zero-order valence-corrected chi connectivity index (χ0v) is 11.1. The zero-order valence-electron chi connectivity index (χ0n) is 11.1. The Labute approximate surface area is 109 Å². The highest BCUT2D eigenvalue weighted by atomic mass is 16.7. The molecular formula is C13H26O5. The molecule has 1 aliphatic heterocycles. The van der Waals surface area contributed by atoms with Gasteiger partial charge in [0, 0.05) is 6.61 Å². The molecular weight excluding hydrogens is 236 g/mol. The van der Waals surface area contributed by atoms with Crippen LogP contribution in [0.3, 0.4) is 0 Å². The summed E-state index contributed by atoms with van der Waals surface area (Å²) in [7, 11) is 0. The van der Waals surface area contributed by atoms with Crippen LogP contribution >= 0.6 is 0 Å². The summed E-state index contributed by atoms with van der Waals surface area (Å²) in [6, 6.07) is 0. The van der Waals surface area contributed by atoms with Crippen LogP contribution in [0.2, 0.25) is 0 Å². The van der Waals surface area contributed by atoms with Gasteiger partial charge in [-0.3, -0.25) is 0 Å². The molecule has 0 radical (unpaired) electrons. The fraction of sp³-hybridized carbons (Fsp3) is 1.00. The molecule has 0 amide bonds. The van der Waals surface area contributed by atoms with Crippen LogP contribution in [0.25, 0.3) is 0 Å². The van der Waals surface area contributed by atoms with Crippen LogP contribution in [-0.4, -0.2) is 53.1 Å². The summed E-state index contributed by atoms with van der Waals surface area (Å²) in [4.78, 5) is 0. The summed E-state index contributed by atoms with van der Waals surface area (Å²) in [5.74, 6) is 0. The first kappa shape index (κ1) is 15.9. The lowest BCUT2D eigenvalue weighted by Crippen LogP contribution is -2.34. The highest BCUT2D eigenvalue weighted by molar-refractivity contribution is 4.86. The molecule has 5 heteroatoms. The van der Waals surface area contributed by atoms with Crippen molar-refractivity contribution in [2.45, 2.75) is 70.1 Å². The van der Waals surface area contributed by atoms with Crippen molar-refractivity contribution in [1.29, 1.82) is 0 Å².